The van der Waals surface area contributed by atoms with Crippen molar-refractivity contribution in [3.63, 3.8) is 0 Å². The van der Waals surface area contributed by atoms with Gasteiger partial charge in [-0.2, -0.15) is 0 Å². The van der Waals surface area contributed by atoms with Crippen LogP contribution in [0.25, 0.3) is 0 Å². The van der Waals surface area contributed by atoms with Crippen LogP contribution in [-0.2, 0) is 0 Å². The fourth-order valence-corrected chi connectivity index (χ4v) is 2.62. The Balaban J connectivity index is 1.93. The van der Waals surface area contributed by atoms with Crippen molar-refractivity contribution in [2.75, 3.05) is 11.1 Å². The molecule has 3 heteroatoms. The number of nitrogens with two attached hydrogens (primary N) is 1. The maximum atomic E-state index is 5.97. The first kappa shape index (κ1) is 12.2. The topological polar surface area (TPSA) is 50.9 Å². The van der Waals surface area contributed by atoms with Crippen LogP contribution in [0, 0.1) is 12.8 Å². The largest absolute Gasteiger partial charge is 0.396 e. The van der Waals surface area contributed by atoms with E-state index in [1.807, 2.05) is 19.2 Å². The van der Waals surface area contributed by atoms with Crippen LogP contribution in [0.3, 0.4) is 0 Å². The third kappa shape index (κ3) is 3.11. The van der Waals surface area contributed by atoms with Crippen molar-refractivity contribution in [3.8, 4) is 0 Å². The van der Waals surface area contributed by atoms with Gasteiger partial charge in [-0.15, -0.1) is 0 Å². The van der Waals surface area contributed by atoms with Gasteiger partial charge in [-0.25, -0.2) is 4.98 Å². The first-order valence-electron chi connectivity index (χ1n) is 6.67. The summed E-state index contributed by atoms with van der Waals surface area (Å²) < 4.78 is 0. The predicted molar refractivity (Wildman–Crippen MR) is 73.0 cm³/mol. The van der Waals surface area contributed by atoms with Crippen LogP contribution in [0.4, 0.5) is 11.5 Å². The Kier molecular flexibility index (Phi) is 3.87. The Bertz CT molecular complexity index is 368. The first-order valence-corrected chi connectivity index (χ1v) is 6.67. The molecule has 0 amide bonds. The molecule has 1 aromatic heterocycles. The average Bonchev–Trinajstić information content (AvgIpc) is 2.34. The minimum atomic E-state index is 0.551. The van der Waals surface area contributed by atoms with E-state index >= 15 is 0 Å². The van der Waals surface area contributed by atoms with Crippen LogP contribution in [-0.4, -0.2) is 11.0 Å². The Morgan fingerprint density at radius 3 is 2.65 bits per heavy atom. The third-order valence-corrected chi connectivity index (χ3v) is 3.82. The maximum Gasteiger partial charge on any atom is 0.149 e. The summed E-state index contributed by atoms with van der Waals surface area (Å²) in [4.78, 5) is 4.37. The second kappa shape index (κ2) is 5.39. The molecule has 1 saturated carbocycles. The van der Waals surface area contributed by atoms with Gasteiger partial charge in [0.25, 0.3) is 0 Å². The number of rotatable bonds is 3. The Morgan fingerprint density at radius 1 is 1.35 bits per heavy atom. The molecule has 0 aliphatic heterocycles. The number of nitrogens with zero attached hydrogens (tertiary/aromatic N) is 1. The summed E-state index contributed by atoms with van der Waals surface area (Å²) in [5, 5.41) is 3.48. The highest BCUT2D eigenvalue weighted by Crippen LogP contribution is 2.29. The summed E-state index contributed by atoms with van der Waals surface area (Å²) in [5.74, 6) is 1.78. The molecule has 1 aliphatic carbocycles. The van der Waals surface area contributed by atoms with E-state index in [9.17, 15) is 0 Å². The molecule has 0 unspecified atom stereocenters. The summed E-state index contributed by atoms with van der Waals surface area (Å²) in [7, 11) is 0. The average molecular weight is 233 g/mol. The number of aromatic nitrogens is 1. The zero-order valence-corrected chi connectivity index (χ0v) is 10.9. The summed E-state index contributed by atoms with van der Waals surface area (Å²) >= 11 is 0. The lowest BCUT2D eigenvalue weighted by Gasteiger charge is -2.29. The van der Waals surface area contributed by atoms with Gasteiger partial charge >= 0.3 is 0 Å². The molecule has 0 spiro atoms. The minimum absolute atomic E-state index is 0.551. The molecule has 1 heterocycles. The quantitative estimate of drug-likeness (QED) is 0.841. The fraction of sp³-hybridized carbons (Fsp3) is 0.643. The lowest BCUT2D eigenvalue weighted by molar-refractivity contribution is 0.330. The monoisotopic (exact) mass is 233 g/mol. The molecule has 1 fully saturated rings. The van der Waals surface area contributed by atoms with Crippen LogP contribution in [0.15, 0.2) is 12.3 Å². The zero-order chi connectivity index (χ0) is 12.3. The van der Waals surface area contributed by atoms with Crippen molar-refractivity contribution in [2.45, 2.75) is 52.0 Å². The molecular weight excluding hydrogens is 210 g/mol. The second-order valence-corrected chi connectivity index (χ2v) is 5.22. The summed E-state index contributed by atoms with van der Waals surface area (Å²) in [6, 6.07) is 2.53. The number of nitrogen functional groups attached to an aromatic ring is 1. The van der Waals surface area contributed by atoms with Crippen LogP contribution < -0.4 is 11.1 Å². The van der Waals surface area contributed by atoms with Crippen LogP contribution in [0.5, 0.6) is 0 Å². The highest BCUT2D eigenvalue weighted by Gasteiger charge is 2.20. The normalized spacial score (nSPS) is 24.6. The summed E-state index contributed by atoms with van der Waals surface area (Å²) in [6.45, 7) is 4.30. The number of hydrogen-bond donors (Lipinski definition) is 2. The highest BCUT2D eigenvalue weighted by molar-refractivity contribution is 5.62. The van der Waals surface area contributed by atoms with Gasteiger partial charge in [-0.3, -0.25) is 0 Å². The molecule has 94 valence electrons. The molecule has 0 aromatic carbocycles. The number of pyridine rings is 1. The molecule has 17 heavy (non-hydrogen) atoms. The van der Waals surface area contributed by atoms with Gasteiger partial charge in [0.15, 0.2) is 0 Å². The van der Waals surface area contributed by atoms with Crippen LogP contribution in [0.2, 0.25) is 0 Å². The SMILES string of the molecule is CCC1CCC(Nc2ncc(C)cc2N)CC1. The Morgan fingerprint density at radius 2 is 2.06 bits per heavy atom. The van der Waals surface area contributed by atoms with Crippen molar-refractivity contribution >= 4 is 11.5 Å². The van der Waals surface area contributed by atoms with Gasteiger partial charge in [0.2, 0.25) is 0 Å². The molecule has 1 aromatic rings. The van der Waals surface area contributed by atoms with Crippen LogP contribution >= 0.6 is 0 Å². The smallest absolute Gasteiger partial charge is 0.149 e. The van der Waals surface area contributed by atoms with Crippen molar-refractivity contribution in [1.82, 2.24) is 4.98 Å². The first-order chi connectivity index (χ1) is 8.19. The zero-order valence-electron chi connectivity index (χ0n) is 10.9. The molecule has 1 aliphatic rings. The maximum absolute atomic E-state index is 5.97. The van der Waals surface area contributed by atoms with Gasteiger partial charge < -0.3 is 11.1 Å². The lowest BCUT2D eigenvalue weighted by Crippen LogP contribution is -2.26. The van der Waals surface area contributed by atoms with E-state index in [0.717, 1.165) is 23.0 Å². The van der Waals surface area contributed by atoms with E-state index in [4.69, 9.17) is 5.73 Å². The molecule has 3 N–H and O–H groups in total. The molecule has 0 saturated heterocycles. The van der Waals surface area contributed by atoms with Gasteiger partial charge in [0.05, 0.1) is 5.69 Å². The van der Waals surface area contributed by atoms with Gasteiger partial charge in [0.1, 0.15) is 5.82 Å². The van der Waals surface area contributed by atoms with E-state index in [2.05, 4.69) is 17.2 Å². The predicted octanol–water partition coefficient (Wildman–Crippen LogP) is 3.35. The minimum Gasteiger partial charge on any atom is -0.396 e. The number of nitrogens with one attached hydrogen (secondary N) is 1. The van der Waals surface area contributed by atoms with E-state index < -0.39 is 0 Å². The van der Waals surface area contributed by atoms with Crippen LogP contribution in [0.1, 0.15) is 44.6 Å². The number of anilines is 2. The fourth-order valence-electron chi connectivity index (χ4n) is 2.62. The van der Waals surface area contributed by atoms with E-state index in [1.165, 1.54) is 32.1 Å². The summed E-state index contributed by atoms with van der Waals surface area (Å²) in [5.41, 5.74) is 7.85. The Labute approximate surface area is 104 Å². The van der Waals surface area contributed by atoms with Crippen molar-refractivity contribution in [2.24, 2.45) is 5.92 Å². The van der Waals surface area contributed by atoms with Gasteiger partial charge in [-0.1, -0.05) is 13.3 Å². The van der Waals surface area contributed by atoms with E-state index in [-0.39, 0.29) is 0 Å². The van der Waals surface area contributed by atoms with Gasteiger partial charge in [-0.05, 0) is 50.2 Å². The highest BCUT2D eigenvalue weighted by atomic mass is 15.0. The lowest BCUT2D eigenvalue weighted by atomic mass is 9.84. The molecule has 0 radical (unpaired) electrons. The standard InChI is InChI=1S/C14H23N3/c1-3-11-4-6-12(7-5-11)17-14-13(15)8-10(2)9-16-14/h8-9,11-12H,3-7,15H2,1-2H3,(H,16,17). The number of hydrogen-bond acceptors (Lipinski definition) is 3. The number of aryl methyl sites for hydroxylation is 1. The summed E-state index contributed by atoms with van der Waals surface area (Å²) in [6.07, 6.45) is 8.34. The Hall–Kier alpha value is -1.25. The van der Waals surface area contributed by atoms with Crippen molar-refractivity contribution < 1.29 is 0 Å². The molecular formula is C14H23N3. The second-order valence-electron chi connectivity index (χ2n) is 5.22. The van der Waals surface area contributed by atoms with E-state index in [1.54, 1.807) is 0 Å². The van der Waals surface area contributed by atoms with E-state index in [0.29, 0.717) is 6.04 Å². The molecule has 0 bridgehead atoms. The van der Waals surface area contributed by atoms with Crippen molar-refractivity contribution in [1.29, 1.82) is 0 Å². The van der Waals surface area contributed by atoms with Crippen molar-refractivity contribution in [3.05, 3.63) is 17.8 Å². The van der Waals surface area contributed by atoms with Gasteiger partial charge in [0, 0.05) is 12.2 Å². The molecule has 3 nitrogen and oxygen atoms in total. The molecule has 2 rings (SSSR count). The molecule has 0 atom stereocenters. The third-order valence-electron chi connectivity index (χ3n) is 3.82.